The molecule has 4 heteroatoms. The molecule has 1 aliphatic heterocycles. The zero-order valence-corrected chi connectivity index (χ0v) is 10.8. The summed E-state index contributed by atoms with van der Waals surface area (Å²) in [4.78, 5) is 12.2. The summed E-state index contributed by atoms with van der Waals surface area (Å²) < 4.78 is -0.276. The van der Waals surface area contributed by atoms with Crippen LogP contribution in [0.4, 0.5) is 5.69 Å². The van der Waals surface area contributed by atoms with E-state index in [1.165, 1.54) is 0 Å². The quantitative estimate of drug-likeness (QED) is 0.866. The van der Waals surface area contributed by atoms with Crippen molar-refractivity contribution in [3.63, 3.8) is 0 Å². The summed E-state index contributed by atoms with van der Waals surface area (Å²) in [7, 11) is 0. The molecule has 3 nitrogen and oxygen atoms in total. The van der Waals surface area contributed by atoms with Crippen LogP contribution in [0.2, 0.25) is 0 Å². The molecule has 1 aromatic carbocycles. The van der Waals surface area contributed by atoms with Gasteiger partial charge in [0, 0.05) is 12.2 Å². The Morgan fingerprint density at radius 1 is 1.53 bits per heavy atom. The Bertz CT molecular complexity index is 414. The summed E-state index contributed by atoms with van der Waals surface area (Å²) in [5.41, 5.74) is 7.48. The fourth-order valence-corrected chi connectivity index (χ4v) is 3.24. The fraction of sp³-hybridized carbons (Fsp3) is 0.462. The summed E-state index contributed by atoms with van der Waals surface area (Å²) in [5, 5.41) is 3.00. The third-order valence-electron chi connectivity index (χ3n) is 3.18. The second-order valence-electron chi connectivity index (χ2n) is 4.50. The number of benzene rings is 1. The summed E-state index contributed by atoms with van der Waals surface area (Å²) in [5.74, 6) is 1.17. The van der Waals surface area contributed by atoms with E-state index in [0.29, 0.717) is 6.54 Å². The molecule has 1 saturated heterocycles. The van der Waals surface area contributed by atoms with Crippen molar-refractivity contribution in [3.05, 3.63) is 29.8 Å². The second-order valence-corrected chi connectivity index (χ2v) is 6.10. The highest BCUT2D eigenvalue weighted by Gasteiger charge is 2.37. The zero-order valence-electron chi connectivity index (χ0n) is 10.0. The van der Waals surface area contributed by atoms with E-state index in [9.17, 15) is 4.79 Å². The highest BCUT2D eigenvalue weighted by Crippen LogP contribution is 2.38. The smallest absolute Gasteiger partial charge is 0.240 e. The van der Waals surface area contributed by atoms with Gasteiger partial charge in [-0.1, -0.05) is 18.2 Å². The van der Waals surface area contributed by atoms with Crippen LogP contribution in [0, 0.1) is 0 Å². The molecule has 92 valence electrons. The van der Waals surface area contributed by atoms with Crippen LogP contribution in [0.5, 0.6) is 0 Å². The molecule has 0 spiro atoms. The van der Waals surface area contributed by atoms with E-state index in [4.69, 9.17) is 5.73 Å². The summed E-state index contributed by atoms with van der Waals surface area (Å²) in [6, 6.07) is 7.70. The lowest BCUT2D eigenvalue weighted by Crippen LogP contribution is -2.35. The molecule has 3 N–H and O–H groups in total. The number of carbonyl (C=O) groups is 1. The number of rotatable bonds is 3. The Labute approximate surface area is 106 Å². The van der Waals surface area contributed by atoms with E-state index in [0.717, 1.165) is 29.8 Å². The molecule has 0 aromatic heterocycles. The van der Waals surface area contributed by atoms with Gasteiger partial charge in [0.2, 0.25) is 5.91 Å². The van der Waals surface area contributed by atoms with Gasteiger partial charge in [-0.25, -0.2) is 0 Å². The molecule has 0 bridgehead atoms. The van der Waals surface area contributed by atoms with Crippen molar-refractivity contribution in [2.24, 2.45) is 5.73 Å². The lowest BCUT2D eigenvalue weighted by molar-refractivity contribution is -0.118. The molecule has 1 aliphatic rings. The van der Waals surface area contributed by atoms with Crippen molar-refractivity contribution in [1.29, 1.82) is 0 Å². The first-order valence-electron chi connectivity index (χ1n) is 5.89. The monoisotopic (exact) mass is 250 g/mol. The van der Waals surface area contributed by atoms with E-state index in [1.54, 1.807) is 11.8 Å². The standard InChI is InChI=1S/C13H18N2OS/c1-13(7-4-8-17-13)12(16)15-11-6-3-2-5-10(11)9-14/h2-3,5-6H,4,7-9,14H2,1H3,(H,15,16). The molecular formula is C13H18N2OS. The first kappa shape index (κ1) is 12.5. The number of anilines is 1. The van der Waals surface area contributed by atoms with Gasteiger partial charge in [0.1, 0.15) is 0 Å². The number of nitrogens with two attached hydrogens (primary N) is 1. The molecule has 1 heterocycles. The molecule has 1 atom stereocenters. The fourth-order valence-electron chi connectivity index (χ4n) is 2.03. The maximum atomic E-state index is 12.2. The average Bonchev–Trinajstić information content (AvgIpc) is 2.78. The molecule has 1 unspecified atom stereocenters. The van der Waals surface area contributed by atoms with Gasteiger partial charge in [-0.15, -0.1) is 11.8 Å². The van der Waals surface area contributed by atoms with Crippen molar-refractivity contribution in [3.8, 4) is 0 Å². The Balaban J connectivity index is 2.12. The molecule has 1 aromatic rings. The third-order valence-corrected chi connectivity index (χ3v) is 4.70. The van der Waals surface area contributed by atoms with Gasteiger partial charge in [-0.05, 0) is 37.1 Å². The van der Waals surface area contributed by atoms with Crippen LogP contribution in [0.3, 0.4) is 0 Å². The van der Waals surface area contributed by atoms with Gasteiger partial charge in [0.25, 0.3) is 0 Å². The maximum absolute atomic E-state index is 12.2. The number of amides is 1. The Hall–Kier alpha value is -1.00. The van der Waals surface area contributed by atoms with Gasteiger partial charge in [-0.2, -0.15) is 0 Å². The van der Waals surface area contributed by atoms with Crippen molar-refractivity contribution in [1.82, 2.24) is 0 Å². The van der Waals surface area contributed by atoms with E-state index >= 15 is 0 Å². The van der Waals surface area contributed by atoms with Gasteiger partial charge >= 0.3 is 0 Å². The minimum Gasteiger partial charge on any atom is -0.326 e. The lowest BCUT2D eigenvalue weighted by Gasteiger charge is -2.22. The maximum Gasteiger partial charge on any atom is 0.240 e. The first-order valence-corrected chi connectivity index (χ1v) is 6.88. The van der Waals surface area contributed by atoms with Crippen LogP contribution in [0.1, 0.15) is 25.3 Å². The summed E-state index contributed by atoms with van der Waals surface area (Å²) in [6.07, 6.45) is 2.07. The summed E-state index contributed by atoms with van der Waals surface area (Å²) in [6.45, 7) is 2.46. The van der Waals surface area contributed by atoms with E-state index in [-0.39, 0.29) is 10.7 Å². The SMILES string of the molecule is CC1(C(=O)Nc2ccccc2CN)CCCS1. The summed E-state index contributed by atoms with van der Waals surface area (Å²) >= 11 is 1.74. The van der Waals surface area contributed by atoms with Gasteiger partial charge in [0.05, 0.1) is 4.75 Å². The third kappa shape index (κ3) is 2.64. The first-order chi connectivity index (χ1) is 8.15. The van der Waals surface area contributed by atoms with Crippen LogP contribution in [0.15, 0.2) is 24.3 Å². The van der Waals surface area contributed by atoms with E-state index in [1.807, 2.05) is 31.2 Å². The predicted molar refractivity (Wildman–Crippen MR) is 73.1 cm³/mol. The Kier molecular flexibility index (Phi) is 3.74. The average molecular weight is 250 g/mol. The molecule has 0 saturated carbocycles. The molecule has 0 aliphatic carbocycles. The molecule has 1 fully saturated rings. The molecule has 0 radical (unpaired) electrons. The largest absolute Gasteiger partial charge is 0.326 e. The molecule has 17 heavy (non-hydrogen) atoms. The van der Waals surface area contributed by atoms with Crippen molar-refractivity contribution < 1.29 is 4.79 Å². The van der Waals surface area contributed by atoms with Crippen LogP contribution < -0.4 is 11.1 Å². The number of hydrogen-bond acceptors (Lipinski definition) is 3. The Morgan fingerprint density at radius 2 is 2.29 bits per heavy atom. The van der Waals surface area contributed by atoms with Crippen molar-refractivity contribution in [2.45, 2.75) is 31.1 Å². The number of thioether (sulfide) groups is 1. The van der Waals surface area contributed by atoms with E-state index in [2.05, 4.69) is 5.32 Å². The number of hydrogen-bond donors (Lipinski definition) is 2. The normalized spacial score (nSPS) is 23.6. The van der Waals surface area contributed by atoms with Crippen LogP contribution in [-0.2, 0) is 11.3 Å². The topological polar surface area (TPSA) is 55.1 Å². The van der Waals surface area contributed by atoms with Gasteiger partial charge < -0.3 is 11.1 Å². The molecular weight excluding hydrogens is 232 g/mol. The van der Waals surface area contributed by atoms with Gasteiger partial charge in [0.15, 0.2) is 0 Å². The number of carbonyl (C=O) groups excluding carboxylic acids is 1. The van der Waals surface area contributed by atoms with Crippen LogP contribution in [0.25, 0.3) is 0 Å². The van der Waals surface area contributed by atoms with E-state index < -0.39 is 0 Å². The highest BCUT2D eigenvalue weighted by atomic mass is 32.2. The van der Waals surface area contributed by atoms with Crippen molar-refractivity contribution in [2.75, 3.05) is 11.1 Å². The van der Waals surface area contributed by atoms with Crippen molar-refractivity contribution >= 4 is 23.4 Å². The van der Waals surface area contributed by atoms with Gasteiger partial charge in [-0.3, -0.25) is 4.79 Å². The van der Waals surface area contributed by atoms with Crippen LogP contribution in [-0.4, -0.2) is 16.4 Å². The lowest BCUT2D eigenvalue weighted by atomic mass is 10.0. The number of nitrogens with one attached hydrogen (secondary N) is 1. The minimum atomic E-state index is -0.276. The number of para-hydroxylation sites is 1. The molecule has 1 amide bonds. The highest BCUT2D eigenvalue weighted by molar-refractivity contribution is 8.01. The predicted octanol–water partition coefficient (Wildman–Crippen LogP) is 2.37. The zero-order chi connectivity index (χ0) is 12.3. The Morgan fingerprint density at radius 3 is 2.94 bits per heavy atom. The second kappa shape index (κ2) is 5.10. The molecule has 2 rings (SSSR count). The van der Waals surface area contributed by atoms with Crippen LogP contribution >= 0.6 is 11.8 Å². The minimum absolute atomic E-state index is 0.0981.